The third-order valence-electron chi connectivity index (χ3n) is 12.0. The van der Waals surface area contributed by atoms with E-state index in [-0.39, 0.29) is 0 Å². The monoisotopic (exact) mass is 727 g/mol. The summed E-state index contributed by atoms with van der Waals surface area (Å²) in [5.74, 6) is 0.666. The van der Waals surface area contributed by atoms with Crippen molar-refractivity contribution in [3.8, 4) is 17.2 Å². The predicted molar refractivity (Wildman–Crippen MR) is 240 cm³/mol. The molecule has 258 valence electrons. The van der Waals surface area contributed by atoms with Crippen molar-refractivity contribution in [2.24, 2.45) is 0 Å². The average Bonchev–Trinajstić information content (AvgIpc) is 3.82. The van der Waals surface area contributed by atoms with Gasteiger partial charge in [0.05, 0.1) is 22.2 Å². The number of hydrogen-bond acceptors (Lipinski definition) is 3. The number of aromatic nitrogens is 3. The van der Waals surface area contributed by atoms with Gasteiger partial charge in [-0.25, -0.2) is 9.97 Å². The number of rotatable bonds is 2. The maximum atomic E-state index is 5.62. The predicted octanol–water partition coefficient (Wildman–Crippen LogP) is 14.5. The van der Waals surface area contributed by atoms with Gasteiger partial charge in [-0.3, -0.25) is 4.57 Å². The third-order valence-corrected chi connectivity index (χ3v) is 13.1. The second-order valence-electron chi connectivity index (χ2n) is 14.9. The summed E-state index contributed by atoms with van der Waals surface area (Å²) in [5.41, 5.74) is 5.15. The van der Waals surface area contributed by atoms with Crippen LogP contribution in [0.4, 0.5) is 0 Å². The van der Waals surface area contributed by atoms with E-state index in [4.69, 9.17) is 9.97 Å². The van der Waals surface area contributed by atoms with Crippen molar-refractivity contribution in [1.82, 2.24) is 14.5 Å². The lowest BCUT2D eigenvalue weighted by molar-refractivity contribution is 1.02. The Morgan fingerprint density at radius 2 is 0.911 bits per heavy atom. The summed E-state index contributed by atoms with van der Waals surface area (Å²) in [4.78, 5) is 11.2. The highest BCUT2D eigenvalue weighted by molar-refractivity contribution is 7.25. The fourth-order valence-corrected chi connectivity index (χ4v) is 10.6. The minimum absolute atomic E-state index is 0.666. The van der Waals surface area contributed by atoms with Crippen LogP contribution in [0.5, 0.6) is 0 Å². The summed E-state index contributed by atoms with van der Waals surface area (Å²) in [6, 6.07) is 64.1. The molecule has 13 aromatic rings. The lowest BCUT2D eigenvalue weighted by Gasteiger charge is -2.14. The van der Waals surface area contributed by atoms with E-state index in [0.29, 0.717) is 5.95 Å². The highest BCUT2D eigenvalue weighted by Crippen LogP contribution is 2.46. The van der Waals surface area contributed by atoms with Crippen LogP contribution in [0.1, 0.15) is 0 Å². The van der Waals surface area contributed by atoms with Crippen molar-refractivity contribution < 1.29 is 0 Å². The molecule has 0 aliphatic rings. The Morgan fingerprint density at radius 3 is 1.71 bits per heavy atom. The number of thiophene rings is 1. The topological polar surface area (TPSA) is 30.7 Å². The Bertz CT molecular complexity index is 3800. The van der Waals surface area contributed by atoms with Crippen LogP contribution in [0.25, 0.3) is 124 Å². The van der Waals surface area contributed by atoms with Crippen LogP contribution in [0.2, 0.25) is 0 Å². The quantitative estimate of drug-likeness (QED) is 0.166. The van der Waals surface area contributed by atoms with Gasteiger partial charge in [0.1, 0.15) is 0 Å². The molecular formula is C52H29N3S. The molecule has 0 fully saturated rings. The summed E-state index contributed by atoms with van der Waals surface area (Å²) in [5, 5.41) is 18.3. The molecule has 0 atom stereocenters. The molecule has 10 aromatic carbocycles. The van der Waals surface area contributed by atoms with E-state index in [1.807, 2.05) is 11.3 Å². The van der Waals surface area contributed by atoms with Crippen LogP contribution in [-0.4, -0.2) is 14.5 Å². The largest absolute Gasteiger partial charge is 0.278 e. The number of benzene rings is 10. The SMILES string of the molecule is c1ccc2c(c1)ccc1c(-c3ccc4sc5ccccc5c4c3)nc(-n3c4ccc5ccccc5c4c4c5c6ccccc6c6ccccc6c5ccc43)nc12. The first kappa shape index (κ1) is 30.2. The Hall–Kier alpha value is -7.14. The molecule has 13 rings (SSSR count). The molecule has 0 radical (unpaired) electrons. The van der Waals surface area contributed by atoms with E-state index < -0.39 is 0 Å². The van der Waals surface area contributed by atoms with E-state index >= 15 is 0 Å². The molecule has 0 unspecified atom stereocenters. The molecule has 0 saturated carbocycles. The van der Waals surface area contributed by atoms with Crippen LogP contribution in [0.3, 0.4) is 0 Å². The van der Waals surface area contributed by atoms with Gasteiger partial charge in [0.25, 0.3) is 0 Å². The Balaban J connectivity index is 1.22. The second-order valence-corrected chi connectivity index (χ2v) is 15.9. The van der Waals surface area contributed by atoms with Gasteiger partial charge >= 0.3 is 0 Å². The van der Waals surface area contributed by atoms with Crippen molar-refractivity contribution in [1.29, 1.82) is 0 Å². The zero-order valence-electron chi connectivity index (χ0n) is 30.0. The Morgan fingerprint density at radius 1 is 0.357 bits per heavy atom. The molecule has 0 bridgehead atoms. The molecule has 4 heteroatoms. The van der Waals surface area contributed by atoms with Gasteiger partial charge in [-0.15, -0.1) is 11.3 Å². The summed E-state index contributed by atoms with van der Waals surface area (Å²) in [7, 11) is 0. The van der Waals surface area contributed by atoms with Crippen molar-refractivity contribution in [3.05, 3.63) is 176 Å². The molecule has 0 amide bonds. The van der Waals surface area contributed by atoms with Gasteiger partial charge in [-0.1, -0.05) is 140 Å². The van der Waals surface area contributed by atoms with E-state index in [2.05, 4.69) is 180 Å². The zero-order chi connectivity index (χ0) is 36.5. The standard InChI is InChI=1S/C52H29N3S/c1-3-13-33-30(11-1)22-26-43-48(33)49-44(27-25-40-37-17-6-5-15-35(37)36-16-7-8-19-39(36)47(40)49)55(43)52-53-50(41-24-21-31-12-2-4-14-34(31)51(41)54-52)32-23-28-46-42(29-32)38-18-9-10-20-45(38)56-46/h1-29H. The summed E-state index contributed by atoms with van der Waals surface area (Å²) in [6.07, 6.45) is 0. The van der Waals surface area contributed by atoms with Crippen molar-refractivity contribution >= 4 is 118 Å². The average molecular weight is 728 g/mol. The molecule has 0 saturated heterocycles. The molecule has 0 aliphatic carbocycles. The number of fused-ring (bicyclic) bond motifs is 18. The fourth-order valence-electron chi connectivity index (χ4n) is 9.52. The highest BCUT2D eigenvalue weighted by Gasteiger charge is 2.23. The van der Waals surface area contributed by atoms with E-state index in [1.54, 1.807) is 0 Å². The summed E-state index contributed by atoms with van der Waals surface area (Å²) < 4.78 is 4.90. The van der Waals surface area contributed by atoms with Gasteiger partial charge < -0.3 is 0 Å². The first-order valence-corrected chi connectivity index (χ1v) is 19.9. The lowest BCUT2D eigenvalue weighted by atomic mass is 9.91. The minimum Gasteiger partial charge on any atom is -0.278 e. The van der Waals surface area contributed by atoms with E-state index in [9.17, 15) is 0 Å². The van der Waals surface area contributed by atoms with Gasteiger partial charge in [0.15, 0.2) is 0 Å². The van der Waals surface area contributed by atoms with Crippen molar-refractivity contribution in [2.45, 2.75) is 0 Å². The fraction of sp³-hybridized carbons (Fsp3) is 0. The zero-order valence-corrected chi connectivity index (χ0v) is 30.8. The molecule has 0 N–H and O–H groups in total. The normalized spacial score (nSPS) is 12.3. The van der Waals surface area contributed by atoms with Crippen LogP contribution in [-0.2, 0) is 0 Å². The first-order valence-electron chi connectivity index (χ1n) is 19.1. The van der Waals surface area contributed by atoms with Crippen molar-refractivity contribution in [3.63, 3.8) is 0 Å². The van der Waals surface area contributed by atoms with Gasteiger partial charge in [-0.05, 0) is 79.5 Å². The number of nitrogens with zero attached hydrogens (tertiary/aromatic N) is 3. The molecule has 0 spiro atoms. The van der Waals surface area contributed by atoms with Crippen LogP contribution >= 0.6 is 11.3 Å². The van der Waals surface area contributed by atoms with Crippen LogP contribution in [0, 0.1) is 0 Å². The summed E-state index contributed by atoms with van der Waals surface area (Å²) >= 11 is 1.84. The second kappa shape index (κ2) is 11.2. The third kappa shape index (κ3) is 4.06. The van der Waals surface area contributed by atoms with Gasteiger partial charge in [0.2, 0.25) is 5.95 Å². The minimum atomic E-state index is 0.666. The first-order chi connectivity index (χ1) is 27.8. The Kier molecular flexibility index (Phi) is 6.04. The smallest absolute Gasteiger partial charge is 0.235 e. The highest BCUT2D eigenvalue weighted by atomic mass is 32.1. The number of hydrogen-bond donors (Lipinski definition) is 0. The molecule has 0 aliphatic heterocycles. The molecule has 3 nitrogen and oxygen atoms in total. The molecule has 3 heterocycles. The molecule has 56 heavy (non-hydrogen) atoms. The molecule has 3 aromatic heterocycles. The maximum absolute atomic E-state index is 5.62. The lowest BCUT2D eigenvalue weighted by Crippen LogP contribution is -2.04. The van der Waals surface area contributed by atoms with Gasteiger partial charge in [0, 0.05) is 52.7 Å². The van der Waals surface area contributed by atoms with E-state index in [0.717, 1.165) is 44.0 Å². The van der Waals surface area contributed by atoms with Crippen LogP contribution in [0.15, 0.2) is 176 Å². The summed E-state index contributed by atoms with van der Waals surface area (Å²) in [6.45, 7) is 0. The van der Waals surface area contributed by atoms with Gasteiger partial charge in [-0.2, -0.15) is 0 Å². The van der Waals surface area contributed by atoms with E-state index in [1.165, 1.54) is 74.0 Å². The van der Waals surface area contributed by atoms with Crippen molar-refractivity contribution in [2.75, 3.05) is 0 Å². The van der Waals surface area contributed by atoms with Crippen LogP contribution < -0.4 is 0 Å². The maximum Gasteiger partial charge on any atom is 0.235 e. The Labute approximate surface area is 324 Å². The molecular weight excluding hydrogens is 699 g/mol.